The van der Waals surface area contributed by atoms with Crippen LogP contribution in [0.5, 0.6) is 0 Å². The van der Waals surface area contributed by atoms with Gasteiger partial charge in [0, 0.05) is 38.9 Å². The Balaban J connectivity index is 1.23. The Hall–Kier alpha value is -2.14. The van der Waals surface area contributed by atoms with Crippen molar-refractivity contribution in [1.29, 1.82) is 0 Å². The van der Waals surface area contributed by atoms with E-state index in [1.165, 1.54) is 25.1 Å². The maximum Gasteiger partial charge on any atom is 0.274 e. The number of carbonyl (C=O) groups excluding carboxylic acids is 1. The lowest BCUT2D eigenvalue weighted by molar-refractivity contribution is 0.0652. The second-order valence-electron chi connectivity index (χ2n) is 8.51. The van der Waals surface area contributed by atoms with Crippen molar-refractivity contribution in [2.45, 2.75) is 32.6 Å². The molecule has 2 saturated heterocycles. The normalized spacial score (nSPS) is 21.4. The van der Waals surface area contributed by atoms with Gasteiger partial charge in [0.2, 0.25) is 0 Å². The molecule has 0 saturated carbocycles. The van der Waals surface area contributed by atoms with Gasteiger partial charge >= 0.3 is 0 Å². The molecule has 3 heterocycles. The summed E-state index contributed by atoms with van der Waals surface area (Å²) in [6.07, 6.45) is 4.72. The maximum atomic E-state index is 12.7. The van der Waals surface area contributed by atoms with Crippen LogP contribution in [-0.2, 0) is 13.5 Å². The van der Waals surface area contributed by atoms with Crippen LogP contribution in [0.3, 0.4) is 0 Å². The molecule has 1 aromatic heterocycles. The smallest absolute Gasteiger partial charge is 0.274 e. The third-order valence-electron chi connectivity index (χ3n) is 6.69. The summed E-state index contributed by atoms with van der Waals surface area (Å²) < 4.78 is 1.78. The Bertz CT molecular complexity index is 773. The van der Waals surface area contributed by atoms with Crippen LogP contribution in [0.2, 0.25) is 0 Å². The van der Waals surface area contributed by atoms with Crippen LogP contribution in [0.4, 0.5) is 0 Å². The van der Waals surface area contributed by atoms with E-state index in [0.29, 0.717) is 5.69 Å². The highest BCUT2D eigenvalue weighted by molar-refractivity contribution is 5.92. The highest BCUT2D eigenvalue weighted by Crippen LogP contribution is 2.32. The van der Waals surface area contributed by atoms with Gasteiger partial charge in [-0.25, -0.2) is 0 Å². The molecule has 0 spiro atoms. The highest BCUT2D eigenvalue weighted by Gasteiger charge is 2.33. The molecule has 2 aromatic rings. The highest BCUT2D eigenvalue weighted by atomic mass is 16.2. The van der Waals surface area contributed by atoms with E-state index < -0.39 is 0 Å². The zero-order valence-electron chi connectivity index (χ0n) is 17.2. The molecule has 1 aromatic carbocycles. The van der Waals surface area contributed by atoms with Crippen molar-refractivity contribution < 1.29 is 4.79 Å². The molecule has 2 fully saturated rings. The van der Waals surface area contributed by atoms with Crippen LogP contribution in [0.15, 0.2) is 36.4 Å². The fraction of sp³-hybridized carbons (Fsp3) is 0.565. The Morgan fingerprint density at radius 1 is 1.07 bits per heavy atom. The lowest BCUT2D eigenvalue weighted by Gasteiger charge is -2.34. The first kappa shape index (κ1) is 19.2. The fourth-order valence-electron chi connectivity index (χ4n) is 4.78. The Labute approximate surface area is 168 Å². The number of hydrogen-bond acceptors (Lipinski definition) is 3. The minimum atomic E-state index is 0.0954. The summed E-state index contributed by atoms with van der Waals surface area (Å²) >= 11 is 0. The van der Waals surface area contributed by atoms with Crippen LogP contribution in [0.1, 0.15) is 41.0 Å². The largest absolute Gasteiger partial charge is 0.337 e. The summed E-state index contributed by atoms with van der Waals surface area (Å²) in [5.41, 5.74) is 3.05. The molecule has 150 valence electrons. The molecule has 4 rings (SSSR count). The number of piperidine rings is 1. The van der Waals surface area contributed by atoms with Crippen LogP contribution < -0.4 is 0 Å². The van der Waals surface area contributed by atoms with Crippen molar-refractivity contribution >= 4 is 5.91 Å². The maximum absolute atomic E-state index is 12.7. The molecule has 5 nitrogen and oxygen atoms in total. The topological polar surface area (TPSA) is 41.4 Å². The number of nitrogens with zero attached hydrogens (tertiary/aromatic N) is 4. The molecule has 0 aliphatic carbocycles. The van der Waals surface area contributed by atoms with Crippen molar-refractivity contribution in [2.24, 2.45) is 18.9 Å². The minimum absolute atomic E-state index is 0.0954. The summed E-state index contributed by atoms with van der Waals surface area (Å²) in [6.45, 7) is 7.35. The molecule has 0 bridgehead atoms. The molecule has 0 unspecified atom stereocenters. The first-order valence-electron chi connectivity index (χ1n) is 10.7. The van der Waals surface area contributed by atoms with Crippen molar-refractivity contribution in [3.63, 3.8) is 0 Å². The molecule has 0 N–H and O–H groups in total. The minimum Gasteiger partial charge on any atom is -0.337 e. The summed E-state index contributed by atoms with van der Waals surface area (Å²) in [5.74, 6) is 1.65. The lowest BCUT2D eigenvalue weighted by atomic mass is 9.83. The lowest BCUT2D eigenvalue weighted by Crippen LogP contribution is -2.40. The monoisotopic (exact) mass is 380 g/mol. The number of amides is 1. The van der Waals surface area contributed by atoms with Gasteiger partial charge in [0.25, 0.3) is 5.91 Å². The molecular formula is C23H32N4O. The molecule has 2 aliphatic rings. The van der Waals surface area contributed by atoms with Gasteiger partial charge in [-0.1, -0.05) is 30.3 Å². The molecule has 1 atom stereocenters. The van der Waals surface area contributed by atoms with Crippen LogP contribution in [0, 0.1) is 18.8 Å². The van der Waals surface area contributed by atoms with Gasteiger partial charge in [-0.15, -0.1) is 0 Å². The predicted molar refractivity (Wildman–Crippen MR) is 111 cm³/mol. The van der Waals surface area contributed by atoms with Gasteiger partial charge in [0.05, 0.1) is 0 Å². The van der Waals surface area contributed by atoms with Gasteiger partial charge in [0.15, 0.2) is 5.69 Å². The number of aromatic nitrogens is 2. The van der Waals surface area contributed by atoms with Gasteiger partial charge < -0.3 is 9.80 Å². The SMILES string of the molecule is Cc1cc(C(=O)N2CCC([C@H]3CCN(CCc4ccccc4)C3)CC2)nn1C. The van der Waals surface area contributed by atoms with Crippen molar-refractivity contribution in [2.75, 3.05) is 32.7 Å². The number of likely N-dealkylation sites (tertiary alicyclic amines) is 2. The number of benzene rings is 1. The Morgan fingerprint density at radius 2 is 1.79 bits per heavy atom. The van der Waals surface area contributed by atoms with E-state index in [2.05, 4.69) is 40.3 Å². The second kappa shape index (κ2) is 8.48. The van der Waals surface area contributed by atoms with E-state index in [0.717, 1.165) is 56.4 Å². The molecule has 1 amide bonds. The fourth-order valence-corrected chi connectivity index (χ4v) is 4.78. The summed E-state index contributed by atoms with van der Waals surface area (Å²) in [4.78, 5) is 17.3. The summed E-state index contributed by atoms with van der Waals surface area (Å²) in [6, 6.07) is 12.7. The molecule has 28 heavy (non-hydrogen) atoms. The zero-order chi connectivity index (χ0) is 19.5. The Kier molecular flexibility index (Phi) is 5.81. The number of carbonyl (C=O) groups is 1. The predicted octanol–water partition coefficient (Wildman–Crippen LogP) is 3.15. The first-order chi connectivity index (χ1) is 13.6. The Morgan fingerprint density at radius 3 is 2.46 bits per heavy atom. The van der Waals surface area contributed by atoms with E-state index >= 15 is 0 Å². The molecule has 2 aliphatic heterocycles. The average molecular weight is 381 g/mol. The summed E-state index contributed by atoms with van der Waals surface area (Å²) in [5, 5.41) is 4.36. The van der Waals surface area contributed by atoms with Crippen molar-refractivity contribution in [1.82, 2.24) is 19.6 Å². The van der Waals surface area contributed by atoms with Crippen LogP contribution >= 0.6 is 0 Å². The second-order valence-corrected chi connectivity index (χ2v) is 8.51. The molecule has 0 radical (unpaired) electrons. The van der Waals surface area contributed by atoms with Crippen molar-refractivity contribution in [3.8, 4) is 0 Å². The number of aryl methyl sites for hydroxylation is 2. The van der Waals surface area contributed by atoms with E-state index in [-0.39, 0.29) is 5.91 Å². The van der Waals surface area contributed by atoms with Gasteiger partial charge in [0.1, 0.15) is 0 Å². The molecular weight excluding hydrogens is 348 g/mol. The third-order valence-corrected chi connectivity index (χ3v) is 6.69. The number of rotatable bonds is 5. The van der Waals surface area contributed by atoms with Crippen molar-refractivity contribution in [3.05, 3.63) is 53.3 Å². The molecule has 5 heteroatoms. The average Bonchev–Trinajstić information content (AvgIpc) is 3.34. The quantitative estimate of drug-likeness (QED) is 0.800. The summed E-state index contributed by atoms with van der Waals surface area (Å²) in [7, 11) is 1.89. The van der Waals surface area contributed by atoms with Gasteiger partial charge in [-0.3, -0.25) is 9.48 Å². The van der Waals surface area contributed by atoms with E-state index in [1.807, 2.05) is 24.9 Å². The zero-order valence-corrected chi connectivity index (χ0v) is 17.2. The van der Waals surface area contributed by atoms with E-state index in [9.17, 15) is 4.79 Å². The van der Waals surface area contributed by atoms with Gasteiger partial charge in [-0.2, -0.15) is 5.10 Å². The van der Waals surface area contributed by atoms with Crippen LogP contribution in [0.25, 0.3) is 0 Å². The van der Waals surface area contributed by atoms with Crippen LogP contribution in [-0.4, -0.2) is 58.2 Å². The third kappa shape index (κ3) is 4.30. The van der Waals surface area contributed by atoms with Gasteiger partial charge in [-0.05, 0) is 62.6 Å². The van der Waals surface area contributed by atoms with E-state index in [4.69, 9.17) is 0 Å². The number of hydrogen-bond donors (Lipinski definition) is 0. The standard InChI is InChI=1S/C23H32N4O/c1-18-16-22(24-25(18)2)23(28)27-14-10-20(11-15-27)21-9-13-26(17-21)12-8-19-6-4-3-5-7-19/h3-7,16,20-21H,8-15,17H2,1-2H3/t21-/m0/s1. The van der Waals surface area contributed by atoms with E-state index in [1.54, 1.807) is 4.68 Å². The first-order valence-corrected chi connectivity index (χ1v) is 10.7.